The summed E-state index contributed by atoms with van der Waals surface area (Å²) < 4.78 is 21.1. The third kappa shape index (κ3) is 16.5. The quantitative estimate of drug-likeness (QED) is 0.170. The lowest BCUT2D eigenvalue weighted by atomic mass is 9.95. The van der Waals surface area contributed by atoms with Crippen LogP contribution in [0.1, 0.15) is 48.0 Å². The molecule has 0 radical (unpaired) electrons. The van der Waals surface area contributed by atoms with Crippen molar-refractivity contribution in [3.63, 3.8) is 0 Å². The molecule has 0 aromatic carbocycles. The normalized spacial score (nSPS) is 13.9. The third-order valence-electron chi connectivity index (χ3n) is 3.96. The molecule has 0 aliphatic heterocycles. The first-order valence-electron chi connectivity index (χ1n) is 11.1. The first kappa shape index (κ1) is 31.2. The highest BCUT2D eigenvalue weighted by Gasteiger charge is 2.43. The molecular formula is C22H43N3O8. The predicted octanol–water partition coefficient (Wildman–Crippen LogP) is 0.315. The zero-order valence-electron chi connectivity index (χ0n) is 21.2. The second-order valence-electron chi connectivity index (χ2n) is 9.64. The number of hydrogen-bond donors (Lipinski definition) is 4. The van der Waals surface area contributed by atoms with E-state index in [-0.39, 0.29) is 25.7 Å². The number of aliphatic carboxylic acids is 1. The highest BCUT2D eigenvalue weighted by Crippen LogP contribution is 2.19. The van der Waals surface area contributed by atoms with E-state index in [0.29, 0.717) is 32.8 Å². The number of carbonyl (C=O) groups excluding carboxylic acids is 2. The maximum Gasteiger partial charge on any atom is 0.329 e. The van der Waals surface area contributed by atoms with Gasteiger partial charge in [0.15, 0.2) is 5.54 Å². The molecule has 0 saturated carbocycles. The largest absolute Gasteiger partial charge is 0.481 e. The summed E-state index contributed by atoms with van der Waals surface area (Å²) in [6.07, 6.45) is -0.494. The van der Waals surface area contributed by atoms with Gasteiger partial charge in [-0.05, 0) is 41.5 Å². The molecule has 0 saturated heterocycles. The zero-order valence-corrected chi connectivity index (χ0v) is 21.2. The SMILES string of the molecule is COCCOCC(CC(=O)O)(NCCNCCNCC(=O)OC(C)(C)C)C(=O)OC(C)(C)C. The van der Waals surface area contributed by atoms with Crippen molar-refractivity contribution in [1.29, 1.82) is 0 Å². The lowest BCUT2D eigenvalue weighted by Gasteiger charge is -2.34. The number of rotatable bonds is 17. The number of ether oxygens (including phenoxy) is 4. The molecule has 0 aliphatic carbocycles. The monoisotopic (exact) mass is 477 g/mol. The lowest BCUT2D eigenvalue weighted by Crippen LogP contribution is -2.60. The Balaban J connectivity index is 4.70. The van der Waals surface area contributed by atoms with Crippen LogP contribution in [0.15, 0.2) is 0 Å². The van der Waals surface area contributed by atoms with Crippen LogP contribution in [0.4, 0.5) is 0 Å². The number of hydrogen-bond acceptors (Lipinski definition) is 10. The lowest BCUT2D eigenvalue weighted by molar-refractivity contribution is -0.170. The molecule has 1 atom stereocenters. The van der Waals surface area contributed by atoms with Crippen molar-refractivity contribution in [3.8, 4) is 0 Å². The summed E-state index contributed by atoms with van der Waals surface area (Å²) in [5.74, 6) is -2.16. The van der Waals surface area contributed by atoms with Crippen LogP contribution in [0.25, 0.3) is 0 Å². The van der Waals surface area contributed by atoms with Gasteiger partial charge >= 0.3 is 17.9 Å². The molecule has 0 amide bonds. The number of carbonyl (C=O) groups is 3. The Morgan fingerprint density at radius 2 is 1.39 bits per heavy atom. The van der Waals surface area contributed by atoms with Crippen molar-refractivity contribution in [3.05, 3.63) is 0 Å². The van der Waals surface area contributed by atoms with Gasteiger partial charge in [-0.1, -0.05) is 0 Å². The first-order chi connectivity index (χ1) is 15.2. The molecule has 11 nitrogen and oxygen atoms in total. The fourth-order valence-electron chi connectivity index (χ4n) is 2.65. The molecule has 11 heteroatoms. The van der Waals surface area contributed by atoms with Crippen LogP contribution in [0.2, 0.25) is 0 Å². The standard InChI is InChI=1S/C22H43N3O8/c1-20(2,3)32-18(28)15-24-9-8-23-10-11-25-22(14-17(26)27,16-31-13-12-30-7)19(29)33-21(4,5)6/h23-25H,8-16H2,1-7H3,(H,26,27). The van der Waals surface area contributed by atoms with E-state index in [1.807, 2.05) is 20.8 Å². The highest BCUT2D eigenvalue weighted by atomic mass is 16.6. The van der Waals surface area contributed by atoms with E-state index in [1.165, 1.54) is 7.11 Å². The minimum Gasteiger partial charge on any atom is -0.481 e. The van der Waals surface area contributed by atoms with Gasteiger partial charge in [0.1, 0.15) is 11.2 Å². The predicted molar refractivity (Wildman–Crippen MR) is 123 cm³/mol. The second-order valence-corrected chi connectivity index (χ2v) is 9.64. The summed E-state index contributed by atoms with van der Waals surface area (Å²) in [6, 6.07) is 0. The van der Waals surface area contributed by atoms with E-state index in [4.69, 9.17) is 18.9 Å². The van der Waals surface area contributed by atoms with Crippen molar-refractivity contribution in [2.24, 2.45) is 0 Å². The Labute approximate surface area is 197 Å². The van der Waals surface area contributed by atoms with Gasteiger partial charge in [-0.2, -0.15) is 0 Å². The minimum atomic E-state index is -1.54. The molecule has 194 valence electrons. The van der Waals surface area contributed by atoms with Gasteiger partial charge in [-0.15, -0.1) is 0 Å². The zero-order chi connectivity index (χ0) is 25.5. The Morgan fingerprint density at radius 1 is 0.818 bits per heavy atom. The number of methoxy groups -OCH3 is 1. The first-order valence-corrected chi connectivity index (χ1v) is 11.1. The molecule has 0 bridgehead atoms. The molecule has 0 aromatic rings. The van der Waals surface area contributed by atoms with Crippen molar-refractivity contribution >= 4 is 17.9 Å². The van der Waals surface area contributed by atoms with E-state index in [1.54, 1.807) is 20.8 Å². The van der Waals surface area contributed by atoms with Crippen molar-refractivity contribution < 1.29 is 38.4 Å². The topological polar surface area (TPSA) is 144 Å². The van der Waals surface area contributed by atoms with Crippen molar-refractivity contribution in [1.82, 2.24) is 16.0 Å². The maximum absolute atomic E-state index is 12.9. The second kappa shape index (κ2) is 15.2. The number of nitrogens with one attached hydrogen (secondary N) is 3. The van der Waals surface area contributed by atoms with Gasteiger partial charge in [-0.3, -0.25) is 14.9 Å². The van der Waals surface area contributed by atoms with Gasteiger partial charge in [0, 0.05) is 33.3 Å². The number of esters is 2. The average Bonchev–Trinajstić information content (AvgIpc) is 2.63. The third-order valence-corrected chi connectivity index (χ3v) is 3.96. The van der Waals surface area contributed by atoms with Crippen LogP contribution in [-0.4, -0.2) is 99.4 Å². The van der Waals surface area contributed by atoms with Gasteiger partial charge in [-0.25, -0.2) is 4.79 Å². The number of carboxylic acid groups (broad SMARTS) is 1. The summed E-state index contributed by atoms with van der Waals surface area (Å²) in [6.45, 7) is 12.9. The van der Waals surface area contributed by atoms with Gasteiger partial charge in [0.2, 0.25) is 0 Å². The molecular weight excluding hydrogens is 434 g/mol. The molecule has 0 aromatic heterocycles. The van der Waals surface area contributed by atoms with Gasteiger partial charge in [0.25, 0.3) is 0 Å². The fourth-order valence-corrected chi connectivity index (χ4v) is 2.65. The molecule has 0 rings (SSSR count). The summed E-state index contributed by atoms with van der Waals surface area (Å²) in [5.41, 5.74) is -2.84. The average molecular weight is 478 g/mol. The van der Waals surface area contributed by atoms with Crippen LogP contribution < -0.4 is 16.0 Å². The molecule has 0 fully saturated rings. The minimum absolute atomic E-state index is 0.108. The molecule has 0 spiro atoms. The van der Waals surface area contributed by atoms with Gasteiger partial charge in [0.05, 0.1) is 32.8 Å². The van der Waals surface area contributed by atoms with Crippen molar-refractivity contribution in [2.75, 3.05) is 59.7 Å². The Kier molecular flexibility index (Phi) is 14.4. The van der Waals surface area contributed by atoms with E-state index >= 15 is 0 Å². The highest BCUT2D eigenvalue weighted by molar-refractivity contribution is 5.87. The van der Waals surface area contributed by atoms with Crippen LogP contribution in [0.5, 0.6) is 0 Å². The Bertz CT molecular complexity index is 601. The summed E-state index contributed by atoms with van der Waals surface area (Å²) >= 11 is 0. The van der Waals surface area contributed by atoms with Gasteiger partial charge < -0.3 is 34.7 Å². The summed E-state index contributed by atoms with van der Waals surface area (Å²) in [5, 5.41) is 18.6. The van der Waals surface area contributed by atoms with E-state index < -0.39 is 35.1 Å². The fraction of sp³-hybridized carbons (Fsp3) is 0.864. The molecule has 33 heavy (non-hydrogen) atoms. The van der Waals surface area contributed by atoms with E-state index in [2.05, 4.69) is 16.0 Å². The van der Waals surface area contributed by atoms with E-state index in [9.17, 15) is 19.5 Å². The van der Waals surface area contributed by atoms with E-state index in [0.717, 1.165) is 0 Å². The van der Waals surface area contributed by atoms with Crippen LogP contribution in [0, 0.1) is 0 Å². The maximum atomic E-state index is 12.9. The smallest absolute Gasteiger partial charge is 0.329 e. The van der Waals surface area contributed by atoms with Crippen molar-refractivity contribution in [2.45, 2.75) is 64.7 Å². The number of carboxylic acids is 1. The summed E-state index contributed by atoms with van der Waals surface area (Å²) in [4.78, 5) is 36.1. The molecule has 4 N–H and O–H groups in total. The van der Waals surface area contributed by atoms with Crippen LogP contribution in [-0.2, 0) is 33.3 Å². The molecule has 1 unspecified atom stereocenters. The van der Waals surface area contributed by atoms with Crippen LogP contribution >= 0.6 is 0 Å². The molecule has 0 aliphatic rings. The Morgan fingerprint density at radius 3 is 1.94 bits per heavy atom. The van der Waals surface area contributed by atoms with Crippen LogP contribution in [0.3, 0.4) is 0 Å². The summed E-state index contributed by atoms with van der Waals surface area (Å²) in [7, 11) is 1.52. The Hall–Kier alpha value is -1.79. The molecule has 0 heterocycles.